The molecule has 30 heavy (non-hydrogen) atoms. The van der Waals surface area contributed by atoms with E-state index in [9.17, 15) is 4.79 Å². The van der Waals surface area contributed by atoms with Crippen molar-refractivity contribution in [1.82, 2.24) is 5.32 Å². The van der Waals surface area contributed by atoms with Crippen molar-refractivity contribution in [1.29, 1.82) is 0 Å². The summed E-state index contributed by atoms with van der Waals surface area (Å²) in [5, 5.41) is 5.13. The van der Waals surface area contributed by atoms with Gasteiger partial charge in [0.15, 0.2) is 0 Å². The molecule has 0 spiro atoms. The van der Waals surface area contributed by atoms with E-state index in [0.717, 1.165) is 5.57 Å². The van der Waals surface area contributed by atoms with E-state index in [4.69, 9.17) is 4.43 Å². The highest BCUT2D eigenvalue weighted by molar-refractivity contribution is 6.99. The van der Waals surface area contributed by atoms with Crippen molar-refractivity contribution in [3.05, 3.63) is 85.0 Å². The maximum absolute atomic E-state index is 11.1. The Morgan fingerprint density at radius 2 is 1.57 bits per heavy atom. The summed E-state index contributed by atoms with van der Waals surface area (Å²) in [6, 6.07) is 21.2. The van der Waals surface area contributed by atoms with Crippen LogP contribution >= 0.6 is 0 Å². The predicted molar refractivity (Wildman–Crippen MR) is 127 cm³/mol. The predicted octanol–water partition coefficient (Wildman–Crippen LogP) is 4.42. The maximum Gasteiger partial charge on any atom is 0.406 e. The van der Waals surface area contributed by atoms with Crippen LogP contribution in [0.3, 0.4) is 0 Å². The van der Waals surface area contributed by atoms with E-state index in [-0.39, 0.29) is 5.04 Å². The number of hydrogen-bond donors (Lipinski definition) is 1. The van der Waals surface area contributed by atoms with Gasteiger partial charge in [-0.3, -0.25) is 0 Å². The number of ether oxygens (including phenoxy) is 1. The molecule has 0 atom stereocenters. The van der Waals surface area contributed by atoms with Crippen LogP contribution in [0.2, 0.25) is 5.04 Å². The lowest BCUT2D eigenvalue weighted by atomic mass is 10.2. The molecule has 1 N–H and O–H groups in total. The van der Waals surface area contributed by atoms with E-state index in [1.165, 1.54) is 17.5 Å². The molecule has 0 bridgehead atoms. The first kappa shape index (κ1) is 23.6. The lowest BCUT2D eigenvalue weighted by Crippen LogP contribution is -2.66. The van der Waals surface area contributed by atoms with Crippen molar-refractivity contribution in [2.75, 3.05) is 20.3 Å². The smallest absolute Gasteiger partial charge is 0.406 e. The van der Waals surface area contributed by atoms with Crippen LogP contribution < -0.4 is 15.7 Å². The van der Waals surface area contributed by atoms with E-state index >= 15 is 0 Å². The Kier molecular flexibility index (Phi) is 8.63. The van der Waals surface area contributed by atoms with Crippen molar-refractivity contribution >= 4 is 24.8 Å². The van der Waals surface area contributed by atoms with Gasteiger partial charge in [0.1, 0.15) is 0 Å². The second-order valence-electron chi connectivity index (χ2n) is 8.20. The number of benzene rings is 2. The molecule has 0 saturated heterocycles. The minimum atomic E-state index is -2.52. The van der Waals surface area contributed by atoms with Crippen LogP contribution in [0.4, 0.5) is 4.79 Å². The van der Waals surface area contributed by atoms with Gasteiger partial charge in [-0.25, -0.2) is 4.79 Å². The number of allylic oxidation sites excluding steroid dienone is 1. The number of carbonyl (C=O) groups is 1. The Hall–Kier alpha value is -2.63. The molecule has 160 valence electrons. The molecule has 0 aliphatic rings. The molecule has 0 unspecified atom stereocenters. The van der Waals surface area contributed by atoms with Crippen molar-refractivity contribution in [3.8, 4) is 0 Å². The number of amides is 1. The topological polar surface area (TPSA) is 47.6 Å². The molecule has 0 saturated carbocycles. The fourth-order valence-corrected chi connectivity index (χ4v) is 8.13. The van der Waals surface area contributed by atoms with Crippen molar-refractivity contribution < 1.29 is 14.0 Å². The second kappa shape index (κ2) is 10.9. The quantitative estimate of drug-likeness (QED) is 0.480. The molecule has 0 radical (unpaired) electrons. The third-order valence-electron chi connectivity index (χ3n) is 5.07. The van der Waals surface area contributed by atoms with Gasteiger partial charge < -0.3 is 14.5 Å². The van der Waals surface area contributed by atoms with Crippen LogP contribution in [0, 0.1) is 0 Å². The van der Waals surface area contributed by atoms with Crippen molar-refractivity contribution in [2.45, 2.75) is 32.2 Å². The summed E-state index contributed by atoms with van der Waals surface area (Å²) in [5.74, 6) is 0. The van der Waals surface area contributed by atoms with Crippen LogP contribution in [-0.2, 0) is 9.16 Å². The van der Waals surface area contributed by atoms with Gasteiger partial charge in [0.25, 0.3) is 8.32 Å². The fourth-order valence-electron chi connectivity index (χ4n) is 3.63. The summed E-state index contributed by atoms with van der Waals surface area (Å²) in [6.45, 7) is 11.8. The van der Waals surface area contributed by atoms with E-state index in [2.05, 4.69) is 85.9 Å². The van der Waals surface area contributed by atoms with Crippen molar-refractivity contribution in [2.24, 2.45) is 0 Å². The van der Waals surface area contributed by atoms with E-state index in [1.54, 1.807) is 0 Å². The number of alkyl carbamates (subject to hydrolysis) is 1. The summed E-state index contributed by atoms with van der Waals surface area (Å²) in [7, 11) is -1.17. The van der Waals surface area contributed by atoms with Crippen LogP contribution in [0.25, 0.3) is 0 Å². The Labute approximate surface area is 181 Å². The molecule has 0 aromatic heterocycles. The summed E-state index contributed by atoms with van der Waals surface area (Å²) < 4.78 is 11.4. The molecule has 0 heterocycles. The molecule has 2 rings (SSSR count). The average molecular weight is 424 g/mol. The molecule has 4 nitrogen and oxygen atoms in total. The number of hydrogen-bond acceptors (Lipinski definition) is 3. The lowest BCUT2D eigenvalue weighted by Gasteiger charge is -2.42. The zero-order valence-corrected chi connectivity index (χ0v) is 19.5. The molecule has 0 aliphatic heterocycles. The van der Waals surface area contributed by atoms with Gasteiger partial charge in [0, 0.05) is 6.54 Å². The highest BCUT2D eigenvalue weighted by Gasteiger charge is 2.49. The van der Waals surface area contributed by atoms with Crippen LogP contribution in [0.15, 0.2) is 85.0 Å². The minimum Gasteiger partial charge on any atom is -0.453 e. The molecule has 1 amide bonds. The highest BCUT2D eigenvalue weighted by atomic mass is 28.4. The Balaban J connectivity index is 2.19. The molecule has 2 aromatic rings. The Morgan fingerprint density at radius 3 is 2.03 bits per heavy atom. The van der Waals surface area contributed by atoms with Gasteiger partial charge >= 0.3 is 6.09 Å². The monoisotopic (exact) mass is 423 g/mol. The highest BCUT2D eigenvalue weighted by Crippen LogP contribution is 2.36. The first-order valence-corrected chi connectivity index (χ1v) is 12.1. The SMILES string of the molecule is C=C(/C=C/CO[Si](c1ccccc1)(c1ccccc1)C(C)(C)C)CCNC(=O)OC. The Morgan fingerprint density at radius 1 is 1.03 bits per heavy atom. The van der Waals surface area contributed by atoms with E-state index < -0.39 is 14.4 Å². The van der Waals surface area contributed by atoms with Gasteiger partial charge in [-0.1, -0.05) is 106 Å². The molecule has 0 aliphatic carbocycles. The largest absolute Gasteiger partial charge is 0.453 e. The fraction of sp³-hybridized carbons (Fsp3) is 0.320. The maximum atomic E-state index is 11.1. The molecule has 0 fully saturated rings. The Bertz CT molecular complexity index is 802. The first-order chi connectivity index (χ1) is 14.3. The van der Waals surface area contributed by atoms with E-state index in [0.29, 0.717) is 19.6 Å². The van der Waals surface area contributed by atoms with Crippen LogP contribution in [0.1, 0.15) is 27.2 Å². The first-order valence-electron chi connectivity index (χ1n) is 10.2. The summed E-state index contributed by atoms with van der Waals surface area (Å²) in [6.07, 6.45) is 4.21. The van der Waals surface area contributed by atoms with Gasteiger partial charge in [-0.05, 0) is 21.8 Å². The summed E-state index contributed by atoms with van der Waals surface area (Å²) in [5.41, 5.74) is 0.928. The molecule has 5 heteroatoms. The van der Waals surface area contributed by atoms with Crippen molar-refractivity contribution in [3.63, 3.8) is 0 Å². The third kappa shape index (κ3) is 5.94. The average Bonchev–Trinajstić information content (AvgIpc) is 2.74. The number of carbonyl (C=O) groups excluding carboxylic acids is 1. The number of methoxy groups -OCH3 is 1. The van der Waals surface area contributed by atoms with Gasteiger partial charge in [-0.15, -0.1) is 0 Å². The van der Waals surface area contributed by atoms with Gasteiger partial charge in [0.05, 0.1) is 13.7 Å². The van der Waals surface area contributed by atoms with Gasteiger partial charge in [0.2, 0.25) is 0 Å². The lowest BCUT2D eigenvalue weighted by molar-refractivity contribution is 0.171. The van der Waals surface area contributed by atoms with Gasteiger partial charge in [-0.2, -0.15) is 0 Å². The minimum absolute atomic E-state index is 0.0506. The zero-order valence-electron chi connectivity index (χ0n) is 18.5. The van der Waals surface area contributed by atoms with Crippen LogP contribution in [0.5, 0.6) is 0 Å². The van der Waals surface area contributed by atoms with Crippen LogP contribution in [-0.4, -0.2) is 34.7 Å². The normalized spacial score (nSPS) is 12.0. The molecule has 2 aromatic carbocycles. The van der Waals surface area contributed by atoms with E-state index in [1.807, 2.05) is 24.3 Å². The molecular formula is C25H33NO3Si. The number of nitrogens with one attached hydrogen (secondary N) is 1. The zero-order chi connectivity index (χ0) is 22.0. The standard InChI is InChI=1S/C25H33NO3Si/c1-21(18-19-26-24(27)28-5)13-12-20-29-30(25(2,3)4,22-14-8-6-9-15-22)23-16-10-7-11-17-23/h6-17H,1,18-20H2,2-5H3,(H,26,27)/b13-12+. The summed E-state index contributed by atoms with van der Waals surface area (Å²) in [4.78, 5) is 11.1. The number of rotatable bonds is 9. The second-order valence-corrected chi connectivity index (χ2v) is 12.5. The third-order valence-corrected chi connectivity index (χ3v) is 10.1. The molecular weight excluding hydrogens is 390 g/mol. The summed E-state index contributed by atoms with van der Waals surface area (Å²) >= 11 is 0.